The fourth-order valence-corrected chi connectivity index (χ4v) is 2.17. The maximum atomic E-state index is 9.25. The number of hydrogen-bond donors (Lipinski definition) is 3. The second-order valence-electron chi connectivity index (χ2n) is 4.28. The summed E-state index contributed by atoms with van der Waals surface area (Å²) in [4.78, 5) is 0. The molecule has 1 aliphatic heterocycles. The predicted octanol–water partition coefficient (Wildman–Crippen LogP) is 1.52. The van der Waals surface area contributed by atoms with Crippen molar-refractivity contribution in [3.05, 3.63) is 23.8 Å². The molecule has 0 unspecified atom stereocenters. The Morgan fingerprint density at radius 2 is 2.07 bits per heavy atom. The first-order valence-corrected chi connectivity index (χ1v) is 5.54. The van der Waals surface area contributed by atoms with Crippen molar-refractivity contribution in [3.63, 3.8) is 0 Å². The van der Waals surface area contributed by atoms with Crippen LogP contribution in [0.5, 0.6) is 5.75 Å². The molecule has 3 nitrogen and oxygen atoms in total. The third-order valence-corrected chi connectivity index (χ3v) is 3.10. The first kappa shape index (κ1) is 10.3. The Morgan fingerprint density at radius 3 is 2.73 bits per heavy atom. The van der Waals surface area contributed by atoms with Gasteiger partial charge in [0.25, 0.3) is 0 Å². The first-order chi connectivity index (χ1) is 7.25. The molecule has 0 aliphatic carbocycles. The van der Waals surface area contributed by atoms with E-state index in [1.165, 1.54) is 18.4 Å². The Bertz CT molecular complexity index is 332. The molecule has 1 aliphatic rings. The molecule has 4 N–H and O–H groups in total. The van der Waals surface area contributed by atoms with E-state index < -0.39 is 0 Å². The average Bonchev–Trinajstić information content (AvgIpc) is 2.24. The molecular weight excluding hydrogens is 188 g/mol. The van der Waals surface area contributed by atoms with Gasteiger partial charge in [0.2, 0.25) is 0 Å². The van der Waals surface area contributed by atoms with Crippen molar-refractivity contribution in [1.82, 2.24) is 5.32 Å². The van der Waals surface area contributed by atoms with Gasteiger partial charge in [-0.15, -0.1) is 0 Å². The Balaban J connectivity index is 2.03. The van der Waals surface area contributed by atoms with E-state index in [1.54, 1.807) is 12.1 Å². The minimum Gasteiger partial charge on any atom is -0.508 e. The maximum Gasteiger partial charge on any atom is 0.117 e. The minimum absolute atomic E-state index is 0.251. The van der Waals surface area contributed by atoms with Crippen LogP contribution in [-0.2, 0) is 6.42 Å². The zero-order valence-corrected chi connectivity index (χ0v) is 8.87. The van der Waals surface area contributed by atoms with Gasteiger partial charge >= 0.3 is 0 Å². The zero-order valence-electron chi connectivity index (χ0n) is 8.87. The molecule has 82 valence electrons. The van der Waals surface area contributed by atoms with Crippen LogP contribution >= 0.6 is 0 Å². The van der Waals surface area contributed by atoms with E-state index in [9.17, 15) is 5.11 Å². The van der Waals surface area contributed by atoms with Crippen LogP contribution in [0, 0.1) is 5.92 Å². The Labute approximate surface area is 90.3 Å². The topological polar surface area (TPSA) is 58.3 Å². The number of anilines is 1. The van der Waals surface area contributed by atoms with E-state index in [4.69, 9.17) is 5.73 Å². The second-order valence-corrected chi connectivity index (χ2v) is 4.28. The summed E-state index contributed by atoms with van der Waals surface area (Å²) in [5.41, 5.74) is 7.75. The van der Waals surface area contributed by atoms with Gasteiger partial charge in [0, 0.05) is 11.8 Å². The lowest BCUT2D eigenvalue weighted by Crippen LogP contribution is -2.28. The SMILES string of the molecule is Nc1cc(O)ccc1CC1CCNCC1. The molecular formula is C12H18N2O. The molecule has 0 spiro atoms. The second kappa shape index (κ2) is 4.53. The van der Waals surface area contributed by atoms with Crippen molar-refractivity contribution < 1.29 is 5.11 Å². The number of nitrogens with one attached hydrogen (secondary N) is 1. The normalized spacial score (nSPS) is 17.9. The van der Waals surface area contributed by atoms with Crippen molar-refractivity contribution in [1.29, 1.82) is 0 Å². The van der Waals surface area contributed by atoms with Crippen molar-refractivity contribution in [2.75, 3.05) is 18.8 Å². The number of nitrogen functional groups attached to an aromatic ring is 1. The van der Waals surface area contributed by atoms with Crippen LogP contribution in [0.4, 0.5) is 5.69 Å². The van der Waals surface area contributed by atoms with E-state index in [0.29, 0.717) is 5.69 Å². The van der Waals surface area contributed by atoms with E-state index in [0.717, 1.165) is 25.4 Å². The number of hydrogen-bond acceptors (Lipinski definition) is 3. The molecule has 0 aromatic heterocycles. The summed E-state index contributed by atoms with van der Waals surface area (Å²) >= 11 is 0. The Hall–Kier alpha value is -1.22. The number of nitrogens with two attached hydrogens (primary N) is 1. The smallest absolute Gasteiger partial charge is 0.117 e. The van der Waals surface area contributed by atoms with Gasteiger partial charge in [-0.3, -0.25) is 0 Å². The van der Waals surface area contributed by atoms with Crippen LogP contribution in [-0.4, -0.2) is 18.2 Å². The molecule has 0 atom stereocenters. The van der Waals surface area contributed by atoms with E-state index >= 15 is 0 Å². The number of phenolic OH excluding ortho intramolecular Hbond substituents is 1. The standard InChI is InChI=1S/C12H18N2O/c13-12-8-11(15)2-1-10(12)7-9-3-5-14-6-4-9/h1-2,8-9,14-15H,3-7,13H2. The number of benzene rings is 1. The summed E-state index contributed by atoms with van der Waals surface area (Å²) in [6, 6.07) is 5.29. The van der Waals surface area contributed by atoms with Gasteiger partial charge in [-0.2, -0.15) is 0 Å². The zero-order chi connectivity index (χ0) is 10.7. The molecule has 0 radical (unpaired) electrons. The largest absolute Gasteiger partial charge is 0.508 e. The molecule has 1 saturated heterocycles. The highest BCUT2D eigenvalue weighted by Gasteiger charge is 2.14. The third kappa shape index (κ3) is 2.63. The van der Waals surface area contributed by atoms with Crippen LogP contribution in [0.25, 0.3) is 0 Å². The van der Waals surface area contributed by atoms with Gasteiger partial charge in [-0.1, -0.05) is 6.07 Å². The maximum absolute atomic E-state index is 9.25. The molecule has 0 bridgehead atoms. The quantitative estimate of drug-likeness (QED) is 0.643. The predicted molar refractivity (Wildman–Crippen MR) is 61.8 cm³/mol. The van der Waals surface area contributed by atoms with Crippen LogP contribution in [0.3, 0.4) is 0 Å². The van der Waals surface area contributed by atoms with Crippen LogP contribution in [0.1, 0.15) is 18.4 Å². The van der Waals surface area contributed by atoms with E-state index in [-0.39, 0.29) is 5.75 Å². The molecule has 0 amide bonds. The van der Waals surface area contributed by atoms with Gasteiger partial charge in [0.05, 0.1) is 0 Å². The van der Waals surface area contributed by atoms with E-state index in [2.05, 4.69) is 5.32 Å². The summed E-state index contributed by atoms with van der Waals surface area (Å²) in [6.07, 6.45) is 3.48. The summed E-state index contributed by atoms with van der Waals surface area (Å²) in [5, 5.41) is 12.6. The summed E-state index contributed by atoms with van der Waals surface area (Å²) in [7, 11) is 0. The molecule has 2 rings (SSSR count). The van der Waals surface area contributed by atoms with Crippen LogP contribution < -0.4 is 11.1 Å². The van der Waals surface area contributed by atoms with E-state index in [1.807, 2.05) is 6.07 Å². The summed E-state index contributed by atoms with van der Waals surface area (Å²) in [5.74, 6) is 0.986. The highest BCUT2D eigenvalue weighted by atomic mass is 16.3. The minimum atomic E-state index is 0.251. The molecule has 15 heavy (non-hydrogen) atoms. The van der Waals surface area contributed by atoms with Gasteiger partial charge in [-0.05, 0) is 49.9 Å². The monoisotopic (exact) mass is 206 g/mol. The van der Waals surface area contributed by atoms with Gasteiger partial charge in [0.15, 0.2) is 0 Å². The number of aromatic hydroxyl groups is 1. The average molecular weight is 206 g/mol. The van der Waals surface area contributed by atoms with Crippen molar-refractivity contribution in [2.24, 2.45) is 5.92 Å². The molecule has 1 fully saturated rings. The van der Waals surface area contributed by atoms with Crippen molar-refractivity contribution in [3.8, 4) is 5.75 Å². The summed E-state index contributed by atoms with van der Waals surface area (Å²) < 4.78 is 0. The fraction of sp³-hybridized carbons (Fsp3) is 0.500. The lowest BCUT2D eigenvalue weighted by atomic mass is 9.90. The van der Waals surface area contributed by atoms with Crippen LogP contribution in [0.2, 0.25) is 0 Å². The van der Waals surface area contributed by atoms with Gasteiger partial charge < -0.3 is 16.2 Å². The highest BCUT2D eigenvalue weighted by molar-refractivity contribution is 5.51. The molecule has 1 aromatic rings. The molecule has 1 aromatic carbocycles. The summed E-state index contributed by atoms with van der Waals surface area (Å²) in [6.45, 7) is 2.23. The highest BCUT2D eigenvalue weighted by Crippen LogP contribution is 2.24. The first-order valence-electron chi connectivity index (χ1n) is 5.54. The molecule has 3 heteroatoms. The van der Waals surface area contributed by atoms with Crippen molar-refractivity contribution >= 4 is 5.69 Å². The Kier molecular flexibility index (Phi) is 3.11. The molecule has 0 saturated carbocycles. The third-order valence-electron chi connectivity index (χ3n) is 3.10. The fourth-order valence-electron chi connectivity index (χ4n) is 2.17. The van der Waals surface area contributed by atoms with Gasteiger partial charge in [0.1, 0.15) is 5.75 Å². The lowest BCUT2D eigenvalue weighted by Gasteiger charge is -2.23. The van der Waals surface area contributed by atoms with Crippen molar-refractivity contribution in [2.45, 2.75) is 19.3 Å². The number of phenols is 1. The Morgan fingerprint density at radius 1 is 1.33 bits per heavy atom. The number of rotatable bonds is 2. The van der Waals surface area contributed by atoms with Gasteiger partial charge in [-0.25, -0.2) is 0 Å². The lowest BCUT2D eigenvalue weighted by molar-refractivity contribution is 0.373. The number of piperidine rings is 1. The molecule has 1 heterocycles. The van der Waals surface area contributed by atoms with Crippen LogP contribution in [0.15, 0.2) is 18.2 Å².